The number of anilines is 1. The van der Waals surface area contributed by atoms with Crippen molar-refractivity contribution in [2.75, 3.05) is 44.2 Å². The summed E-state index contributed by atoms with van der Waals surface area (Å²) in [6.45, 7) is 5.72. The van der Waals surface area contributed by atoms with Crippen LogP contribution in [0.2, 0.25) is 0 Å². The van der Waals surface area contributed by atoms with Crippen LogP contribution in [0.5, 0.6) is 0 Å². The highest BCUT2D eigenvalue weighted by atomic mass is 16.2. The minimum absolute atomic E-state index is 0.185. The molecule has 0 radical (unpaired) electrons. The maximum atomic E-state index is 12.7. The van der Waals surface area contributed by atoms with Gasteiger partial charge in [-0.15, -0.1) is 0 Å². The summed E-state index contributed by atoms with van der Waals surface area (Å²) in [6, 6.07) is 10.9. The van der Waals surface area contributed by atoms with E-state index in [-0.39, 0.29) is 5.91 Å². The van der Waals surface area contributed by atoms with Crippen LogP contribution in [0.15, 0.2) is 42.6 Å². The molecule has 0 bridgehead atoms. The maximum Gasteiger partial charge on any atom is 0.226 e. The summed E-state index contributed by atoms with van der Waals surface area (Å²) in [4.78, 5) is 29.3. The van der Waals surface area contributed by atoms with Gasteiger partial charge in [0.15, 0.2) is 0 Å². The van der Waals surface area contributed by atoms with Gasteiger partial charge in [0, 0.05) is 64.3 Å². The van der Waals surface area contributed by atoms with Crippen molar-refractivity contribution in [3.05, 3.63) is 59.4 Å². The quantitative estimate of drug-likeness (QED) is 0.728. The minimum atomic E-state index is 0.185. The molecule has 2 aliphatic heterocycles. The molecule has 0 N–H and O–H groups in total. The first-order valence-corrected chi connectivity index (χ1v) is 12.1. The first-order chi connectivity index (χ1) is 15.8. The zero-order valence-corrected chi connectivity index (χ0v) is 18.8. The lowest BCUT2D eigenvalue weighted by Gasteiger charge is -2.43. The standard InChI is InChI=1S/C26H33N5O/c32-25(11-4-8-21-6-2-1-3-7-21)30-14-12-22-20-27-26(28-24(22)13-15-30)31-18-16-29(17-19-31)23-9-5-10-23/h1-4,6-8,20,23H,5,9-19H2/b8-4+. The molecule has 1 aliphatic carbocycles. The second-order valence-corrected chi connectivity index (χ2v) is 9.15. The summed E-state index contributed by atoms with van der Waals surface area (Å²) in [6.07, 6.45) is 12.2. The third-order valence-electron chi connectivity index (χ3n) is 7.15. The molecule has 6 nitrogen and oxygen atoms in total. The van der Waals surface area contributed by atoms with E-state index in [1.54, 1.807) is 0 Å². The Kier molecular flexibility index (Phi) is 6.49. The Morgan fingerprint density at radius 3 is 2.53 bits per heavy atom. The highest BCUT2D eigenvalue weighted by Crippen LogP contribution is 2.26. The van der Waals surface area contributed by atoms with Gasteiger partial charge in [0.05, 0.1) is 5.69 Å². The molecule has 168 valence electrons. The monoisotopic (exact) mass is 431 g/mol. The second kappa shape index (κ2) is 9.82. The van der Waals surface area contributed by atoms with Crippen molar-refractivity contribution in [1.82, 2.24) is 19.8 Å². The molecule has 3 aliphatic rings. The zero-order valence-electron chi connectivity index (χ0n) is 18.8. The number of aromatic nitrogens is 2. The molecule has 1 aromatic heterocycles. The summed E-state index contributed by atoms with van der Waals surface area (Å²) in [7, 11) is 0. The van der Waals surface area contributed by atoms with Crippen LogP contribution in [0.4, 0.5) is 5.95 Å². The van der Waals surface area contributed by atoms with Gasteiger partial charge in [0.1, 0.15) is 0 Å². The van der Waals surface area contributed by atoms with Crippen LogP contribution >= 0.6 is 0 Å². The third-order valence-corrected chi connectivity index (χ3v) is 7.15. The summed E-state index contributed by atoms with van der Waals surface area (Å²) in [5.41, 5.74) is 3.43. The molecule has 3 heterocycles. The number of piperazine rings is 1. The number of hydrogen-bond donors (Lipinski definition) is 0. The number of fused-ring (bicyclic) bond motifs is 1. The van der Waals surface area contributed by atoms with Crippen LogP contribution in [0.25, 0.3) is 6.08 Å². The molecule has 1 saturated carbocycles. The molecule has 0 spiro atoms. The Hall–Kier alpha value is -2.73. The lowest BCUT2D eigenvalue weighted by Crippen LogP contribution is -2.52. The van der Waals surface area contributed by atoms with E-state index in [2.05, 4.69) is 9.80 Å². The van der Waals surface area contributed by atoms with Gasteiger partial charge in [-0.05, 0) is 30.4 Å². The molecular formula is C26H33N5O. The first-order valence-electron chi connectivity index (χ1n) is 12.1. The van der Waals surface area contributed by atoms with Crippen LogP contribution < -0.4 is 4.90 Å². The van der Waals surface area contributed by atoms with Gasteiger partial charge < -0.3 is 9.80 Å². The van der Waals surface area contributed by atoms with Crippen LogP contribution in [0.1, 0.15) is 42.5 Å². The van der Waals surface area contributed by atoms with E-state index in [0.717, 1.165) is 75.4 Å². The summed E-state index contributed by atoms with van der Waals surface area (Å²) in [5, 5.41) is 0. The van der Waals surface area contributed by atoms with Crippen molar-refractivity contribution < 1.29 is 4.79 Å². The predicted octanol–water partition coefficient (Wildman–Crippen LogP) is 3.18. The molecule has 32 heavy (non-hydrogen) atoms. The maximum absolute atomic E-state index is 12.7. The van der Waals surface area contributed by atoms with Crippen molar-refractivity contribution in [2.24, 2.45) is 0 Å². The van der Waals surface area contributed by atoms with E-state index in [4.69, 9.17) is 9.97 Å². The third kappa shape index (κ3) is 4.85. The van der Waals surface area contributed by atoms with Crippen molar-refractivity contribution in [3.8, 4) is 0 Å². The van der Waals surface area contributed by atoms with Gasteiger partial charge in [-0.1, -0.05) is 48.9 Å². The van der Waals surface area contributed by atoms with Crippen molar-refractivity contribution in [1.29, 1.82) is 0 Å². The topological polar surface area (TPSA) is 52.6 Å². The number of nitrogens with zero attached hydrogens (tertiary/aromatic N) is 5. The molecule has 6 heteroatoms. The SMILES string of the molecule is O=C(C/C=C/c1ccccc1)N1CCc2cnc(N3CCN(C4CCC4)CC3)nc2CC1. The Morgan fingerprint density at radius 1 is 1.00 bits per heavy atom. The fourth-order valence-electron chi connectivity index (χ4n) is 4.89. The Balaban J connectivity index is 1.15. The first kappa shape index (κ1) is 21.1. The lowest BCUT2D eigenvalue weighted by molar-refractivity contribution is -0.130. The molecule has 2 fully saturated rings. The number of carbonyl (C=O) groups excluding carboxylic acids is 1. The van der Waals surface area contributed by atoms with E-state index < -0.39 is 0 Å². The van der Waals surface area contributed by atoms with E-state index in [9.17, 15) is 4.79 Å². The van der Waals surface area contributed by atoms with E-state index in [0.29, 0.717) is 6.42 Å². The smallest absolute Gasteiger partial charge is 0.226 e. The Bertz CT molecular complexity index is 948. The normalized spacial score (nSPS) is 20.1. The van der Waals surface area contributed by atoms with Gasteiger partial charge in [0.2, 0.25) is 11.9 Å². The molecule has 0 atom stereocenters. The average Bonchev–Trinajstić information content (AvgIpc) is 3.01. The van der Waals surface area contributed by atoms with Crippen LogP contribution in [-0.4, -0.2) is 71.0 Å². The number of benzene rings is 1. The van der Waals surface area contributed by atoms with Gasteiger partial charge in [-0.25, -0.2) is 9.97 Å². The number of rotatable bonds is 5. The number of hydrogen-bond acceptors (Lipinski definition) is 5. The van der Waals surface area contributed by atoms with Crippen molar-refractivity contribution in [2.45, 2.75) is 44.6 Å². The second-order valence-electron chi connectivity index (χ2n) is 9.15. The Labute approximate surface area is 191 Å². The van der Waals surface area contributed by atoms with Crippen LogP contribution in [-0.2, 0) is 17.6 Å². The summed E-state index contributed by atoms with van der Waals surface area (Å²) >= 11 is 0. The van der Waals surface area contributed by atoms with E-state index >= 15 is 0 Å². The van der Waals surface area contributed by atoms with Gasteiger partial charge >= 0.3 is 0 Å². The predicted molar refractivity (Wildman–Crippen MR) is 128 cm³/mol. The average molecular weight is 432 g/mol. The molecule has 2 aromatic rings. The van der Waals surface area contributed by atoms with Crippen LogP contribution in [0.3, 0.4) is 0 Å². The summed E-state index contributed by atoms with van der Waals surface area (Å²) < 4.78 is 0. The van der Waals surface area contributed by atoms with Crippen molar-refractivity contribution in [3.63, 3.8) is 0 Å². The Morgan fingerprint density at radius 2 is 1.78 bits per heavy atom. The number of carbonyl (C=O) groups is 1. The van der Waals surface area contributed by atoms with E-state index in [1.165, 1.54) is 24.8 Å². The molecule has 1 amide bonds. The molecular weight excluding hydrogens is 398 g/mol. The zero-order chi connectivity index (χ0) is 21.8. The fraction of sp³-hybridized carbons (Fsp3) is 0.500. The molecule has 1 saturated heterocycles. The van der Waals surface area contributed by atoms with Gasteiger partial charge in [-0.2, -0.15) is 0 Å². The van der Waals surface area contributed by atoms with Gasteiger partial charge in [-0.3, -0.25) is 9.69 Å². The fourth-order valence-corrected chi connectivity index (χ4v) is 4.89. The van der Waals surface area contributed by atoms with Crippen molar-refractivity contribution >= 4 is 17.9 Å². The lowest BCUT2D eigenvalue weighted by atomic mass is 9.91. The highest BCUT2D eigenvalue weighted by Gasteiger charge is 2.29. The number of amides is 1. The van der Waals surface area contributed by atoms with Gasteiger partial charge in [0.25, 0.3) is 0 Å². The largest absolute Gasteiger partial charge is 0.342 e. The van der Waals surface area contributed by atoms with Crippen LogP contribution in [0, 0.1) is 0 Å². The summed E-state index contributed by atoms with van der Waals surface area (Å²) in [5.74, 6) is 1.05. The molecule has 0 unspecified atom stereocenters. The minimum Gasteiger partial charge on any atom is -0.342 e. The molecule has 1 aromatic carbocycles. The van der Waals surface area contributed by atoms with E-state index in [1.807, 2.05) is 53.6 Å². The molecule has 5 rings (SSSR count). The highest BCUT2D eigenvalue weighted by molar-refractivity contribution is 5.78.